The Morgan fingerprint density at radius 3 is 2.05 bits per heavy atom. The normalized spacial score (nSPS) is 14.6. The van der Waals surface area contributed by atoms with Crippen LogP contribution in [0.25, 0.3) is 0 Å². The van der Waals surface area contributed by atoms with Crippen LogP contribution < -0.4 is 5.73 Å². The zero-order valence-electron chi connectivity index (χ0n) is 14.2. The third kappa shape index (κ3) is 4.60. The van der Waals surface area contributed by atoms with Gasteiger partial charge in [-0.2, -0.15) is 0 Å². The van der Waals surface area contributed by atoms with E-state index in [1.807, 2.05) is 0 Å². The van der Waals surface area contributed by atoms with Crippen LogP contribution in [-0.4, -0.2) is 24.5 Å². The predicted molar refractivity (Wildman–Crippen MR) is 89.2 cm³/mol. The van der Waals surface area contributed by atoms with Gasteiger partial charge in [0.25, 0.3) is 0 Å². The van der Waals surface area contributed by atoms with Crippen LogP contribution in [0, 0.1) is 26.7 Å². The molecule has 0 saturated carbocycles. The Morgan fingerprint density at radius 1 is 1.05 bits per heavy atom. The van der Waals surface area contributed by atoms with E-state index in [0.29, 0.717) is 0 Å². The van der Waals surface area contributed by atoms with E-state index < -0.39 is 0 Å². The second-order valence-electron chi connectivity index (χ2n) is 6.28. The molecule has 2 N–H and O–H groups in total. The van der Waals surface area contributed by atoms with Gasteiger partial charge in [0.15, 0.2) is 0 Å². The molecule has 0 spiro atoms. The molecule has 1 aromatic rings. The first-order valence-electron chi connectivity index (χ1n) is 7.94. The van der Waals surface area contributed by atoms with Gasteiger partial charge in [-0.25, -0.2) is 0 Å². The summed E-state index contributed by atoms with van der Waals surface area (Å²) in [6, 6.07) is 4.60. The maximum absolute atomic E-state index is 6.50. The zero-order valence-corrected chi connectivity index (χ0v) is 14.2. The van der Waals surface area contributed by atoms with Gasteiger partial charge in [0.1, 0.15) is 0 Å². The molecule has 0 amide bonds. The number of nitrogens with two attached hydrogens (primary N) is 1. The molecule has 0 bridgehead atoms. The van der Waals surface area contributed by atoms with E-state index in [1.54, 1.807) is 0 Å². The van der Waals surface area contributed by atoms with Gasteiger partial charge in [-0.15, -0.1) is 0 Å². The number of aryl methyl sites for hydroxylation is 3. The highest BCUT2D eigenvalue weighted by Gasteiger charge is 2.16. The van der Waals surface area contributed by atoms with E-state index in [-0.39, 0.29) is 6.04 Å². The molecule has 114 valence electrons. The van der Waals surface area contributed by atoms with Crippen LogP contribution >= 0.6 is 0 Å². The second-order valence-corrected chi connectivity index (χ2v) is 6.28. The van der Waals surface area contributed by atoms with Crippen molar-refractivity contribution in [2.45, 2.75) is 54.0 Å². The smallest absolute Gasteiger partial charge is 0.0429 e. The summed E-state index contributed by atoms with van der Waals surface area (Å²) in [6.07, 6.45) is 1.23. The van der Waals surface area contributed by atoms with Gasteiger partial charge in [0.2, 0.25) is 0 Å². The van der Waals surface area contributed by atoms with Crippen molar-refractivity contribution in [3.8, 4) is 0 Å². The van der Waals surface area contributed by atoms with E-state index in [4.69, 9.17) is 5.73 Å². The SMILES string of the molecule is CCC(C)CN(CC)CC(N)c1c(C)cc(C)cc1C. The summed E-state index contributed by atoms with van der Waals surface area (Å²) in [5.74, 6) is 0.738. The molecule has 0 heterocycles. The third-order valence-corrected chi connectivity index (χ3v) is 4.28. The van der Waals surface area contributed by atoms with Crippen molar-refractivity contribution < 1.29 is 0 Å². The van der Waals surface area contributed by atoms with Gasteiger partial charge in [-0.3, -0.25) is 0 Å². The van der Waals surface area contributed by atoms with Gasteiger partial charge < -0.3 is 10.6 Å². The highest BCUT2D eigenvalue weighted by molar-refractivity contribution is 5.39. The third-order valence-electron chi connectivity index (χ3n) is 4.28. The highest BCUT2D eigenvalue weighted by atomic mass is 15.1. The summed E-state index contributed by atoms with van der Waals surface area (Å²) >= 11 is 0. The molecule has 0 aliphatic rings. The summed E-state index contributed by atoms with van der Waals surface area (Å²) in [4.78, 5) is 2.48. The molecule has 2 heteroatoms. The minimum atomic E-state index is 0.111. The quantitative estimate of drug-likeness (QED) is 0.816. The predicted octanol–water partition coefficient (Wildman–Crippen LogP) is 3.98. The molecule has 0 aromatic heterocycles. The lowest BCUT2D eigenvalue weighted by Crippen LogP contribution is -2.35. The molecule has 0 fully saturated rings. The fourth-order valence-electron chi connectivity index (χ4n) is 3.05. The summed E-state index contributed by atoms with van der Waals surface area (Å²) in [7, 11) is 0. The molecule has 2 atom stereocenters. The molecular formula is C18H32N2. The fraction of sp³-hybridized carbons (Fsp3) is 0.667. The lowest BCUT2D eigenvalue weighted by Gasteiger charge is -2.28. The van der Waals surface area contributed by atoms with Crippen LogP contribution in [0.2, 0.25) is 0 Å². The molecular weight excluding hydrogens is 244 g/mol. The van der Waals surface area contributed by atoms with Crippen molar-refractivity contribution in [2.75, 3.05) is 19.6 Å². The molecule has 0 radical (unpaired) electrons. The van der Waals surface area contributed by atoms with E-state index in [2.05, 4.69) is 58.6 Å². The number of hydrogen-bond acceptors (Lipinski definition) is 2. The first-order chi connectivity index (χ1) is 9.38. The molecule has 0 saturated heterocycles. The second kappa shape index (κ2) is 7.80. The summed E-state index contributed by atoms with van der Waals surface area (Å²) < 4.78 is 0. The van der Waals surface area contributed by atoms with Gasteiger partial charge in [0, 0.05) is 19.1 Å². The first-order valence-corrected chi connectivity index (χ1v) is 7.94. The zero-order chi connectivity index (χ0) is 15.3. The van der Waals surface area contributed by atoms with Crippen molar-refractivity contribution in [1.29, 1.82) is 0 Å². The average Bonchev–Trinajstić information content (AvgIpc) is 2.36. The molecule has 20 heavy (non-hydrogen) atoms. The van der Waals surface area contributed by atoms with Crippen LogP contribution in [0.3, 0.4) is 0 Å². The number of rotatable bonds is 7. The maximum atomic E-state index is 6.50. The van der Waals surface area contributed by atoms with Crippen LogP contribution in [0.15, 0.2) is 12.1 Å². The van der Waals surface area contributed by atoms with Crippen molar-refractivity contribution in [3.05, 3.63) is 34.4 Å². The number of nitrogens with zero attached hydrogens (tertiary/aromatic N) is 1. The van der Waals surface area contributed by atoms with E-state index in [0.717, 1.165) is 25.6 Å². The topological polar surface area (TPSA) is 29.3 Å². The highest BCUT2D eigenvalue weighted by Crippen LogP contribution is 2.23. The van der Waals surface area contributed by atoms with E-state index >= 15 is 0 Å². The molecule has 0 aliphatic heterocycles. The van der Waals surface area contributed by atoms with Gasteiger partial charge in [-0.05, 0) is 49.9 Å². The lowest BCUT2D eigenvalue weighted by molar-refractivity contribution is 0.232. The van der Waals surface area contributed by atoms with Crippen LogP contribution in [0.1, 0.15) is 55.5 Å². The Hall–Kier alpha value is -0.860. The molecule has 0 aliphatic carbocycles. The number of benzene rings is 1. The molecule has 1 aromatic carbocycles. The minimum Gasteiger partial charge on any atom is -0.323 e. The van der Waals surface area contributed by atoms with Crippen LogP contribution in [0.4, 0.5) is 0 Å². The average molecular weight is 276 g/mol. The van der Waals surface area contributed by atoms with E-state index in [9.17, 15) is 0 Å². The number of likely N-dealkylation sites (N-methyl/N-ethyl adjacent to an activating group) is 1. The standard InChI is InChI=1S/C18H32N2/c1-7-13(3)11-20(8-2)12-17(19)18-15(5)9-14(4)10-16(18)6/h9-10,13,17H,7-8,11-12,19H2,1-6H3. The summed E-state index contributed by atoms with van der Waals surface area (Å²) in [5, 5.41) is 0. The van der Waals surface area contributed by atoms with Gasteiger partial charge in [0.05, 0.1) is 0 Å². The Labute approximate surface area is 125 Å². The Bertz CT molecular complexity index is 402. The lowest BCUT2D eigenvalue weighted by atomic mass is 9.94. The first kappa shape index (κ1) is 17.2. The molecule has 1 rings (SSSR count). The summed E-state index contributed by atoms with van der Waals surface area (Å²) in [6.45, 7) is 16.5. The van der Waals surface area contributed by atoms with Gasteiger partial charge >= 0.3 is 0 Å². The van der Waals surface area contributed by atoms with E-state index in [1.165, 1.54) is 28.7 Å². The fourth-order valence-corrected chi connectivity index (χ4v) is 3.05. The molecule has 2 nitrogen and oxygen atoms in total. The minimum absolute atomic E-state index is 0.111. The maximum Gasteiger partial charge on any atom is 0.0429 e. The van der Waals surface area contributed by atoms with Crippen molar-refractivity contribution >= 4 is 0 Å². The van der Waals surface area contributed by atoms with Crippen LogP contribution in [-0.2, 0) is 0 Å². The molecule has 2 unspecified atom stereocenters. The number of hydrogen-bond donors (Lipinski definition) is 1. The van der Waals surface area contributed by atoms with Gasteiger partial charge in [-0.1, -0.05) is 44.9 Å². The summed E-state index contributed by atoms with van der Waals surface area (Å²) in [5.41, 5.74) is 11.8. The van der Waals surface area contributed by atoms with Crippen LogP contribution in [0.5, 0.6) is 0 Å². The Morgan fingerprint density at radius 2 is 1.60 bits per heavy atom. The van der Waals surface area contributed by atoms with Crippen molar-refractivity contribution in [2.24, 2.45) is 11.7 Å². The largest absolute Gasteiger partial charge is 0.323 e. The Balaban J connectivity index is 2.82. The Kier molecular flexibility index (Phi) is 6.70. The van der Waals surface area contributed by atoms with Crippen molar-refractivity contribution in [3.63, 3.8) is 0 Å². The van der Waals surface area contributed by atoms with Crippen molar-refractivity contribution in [1.82, 2.24) is 4.90 Å². The monoisotopic (exact) mass is 276 g/mol.